The number of amides is 1. The summed E-state index contributed by atoms with van der Waals surface area (Å²) in [5.74, 6) is 0.0700. The Morgan fingerprint density at radius 3 is 2.75 bits per heavy atom. The second-order valence-electron chi connectivity index (χ2n) is 5.01. The Bertz CT molecular complexity index is 585. The highest BCUT2D eigenvalue weighted by atomic mass is 32.1. The molecule has 1 heterocycles. The molecule has 0 fully saturated rings. The van der Waals surface area contributed by atoms with Crippen molar-refractivity contribution in [3.05, 3.63) is 51.0 Å². The van der Waals surface area contributed by atoms with Crippen LogP contribution >= 0.6 is 11.3 Å². The summed E-state index contributed by atoms with van der Waals surface area (Å²) < 4.78 is 0. The molecule has 0 saturated heterocycles. The van der Waals surface area contributed by atoms with Crippen molar-refractivity contribution in [2.75, 3.05) is 6.54 Å². The normalized spacial score (nSPS) is 10.6. The van der Waals surface area contributed by atoms with Gasteiger partial charge in [0.05, 0.1) is 17.1 Å². The second-order valence-corrected chi connectivity index (χ2v) is 6.30. The van der Waals surface area contributed by atoms with Crippen LogP contribution in [0.5, 0.6) is 0 Å². The van der Waals surface area contributed by atoms with E-state index in [0.29, 0.717) is 13.0 Å². The van der Waals surface area contributed by atoms with Crippen LogP contribution in [0, 0.1) is 20.8 Å². The Morgan fingerprint density at radius 2 is 2.10 bits per heavy atom. The number of hydrogen-bond donors (Lipinski definition) is 1. The van der Waals surface area contributed by atoms with Gasteiger partial charge in [0.2, 0.25) is 5.91 Å². The van der Waals surface area contributed by atoms with Crippen LogP contribution in [0.1, 0.15) is 26.7 Å². The molecular formula is C16H20N2OS. The summed E-state index contributed by atoms with van der Waals surface area (Å²) in [7, 11) is 0. The molecule has 0 atom stereocenters. The molecule has 1 N–H and O–H groups in total. The van der Waals surface area contributed by atoms with E-state index in [4.69, 9.17) is 0 Å². The number of hydrogen-bond acceptors (Lipinski definition) is 3. The summed E-state index contributed by atoms with van der Waals surface area (Å²) in [6.45, 7) is 6.78. The van der Waals surface area contributed by atoms with Crippen molar-refractivity contribution in [1.82, 2.24) is 10.3 Å². The van der Waals surface area contributed by atoms with Gasteiger partial charge < -0.3 is 5.32 Å². The number of carbonyl (C=O) groups excluding carboxylic acids is 1. The third-order valence-electron chi connectivity index (χ3n) is 3.18. The maximum Gasteiger partial charge on any atom is 0.224 e. The van der Waals surface area contributed by atoms with Gasteiger partial charge in [-0.15, -0.1) is 11.3 Å². The molecule has 1 aromatic heterocycles. The Labute approximate surface area is 124 Å². The van der Waals surface area contributed by atoms with Crippen LogP contribution in [0.2, 0.25) is 0 Å². The number of carbonyl (C=O) groups is 1. The molecule has 0 spiro atoms. The fourth-order valence-corrected chi connectivity index (χ4v) is 2.96. The van der Waals surface area contributed by atoms with Crippen molar-refractivity contribution in [1.29, 1.82) is 0 Å². The first-order chi connectivity index (χ1) is 9.54. The average Bonchev–Trinajstić information content (AvgIpc) is 2.68. The van der Waals surface area contributed by atoms with E-state index in [2.05, 4.69) is 17.2 Å². The van der Waals surface area contributed by atoms with Gasteiger partial charge in [0.1, 0.15) is 0 Å². The minimum atomic E-state index is 0.0700. The van der Waals surface area contributed by atoms with E-state index in [1.807, 2.05) is 38.1 Å². The number of rotatable bonds is 5. The molecule has 0 aliphatic carbocycles. The molecule has 2 aromatic rings. The van der Waals surface area contributed by atoms with Crippen molar-refractivity contribution >= 4 is 17.2 Å². The fourth-order valence-electron chi connectivity index (χ4n) is 2.02. The van der Waals surface area contributed by atoms with Crippen LogP contribution in [0.4, 0.5) is 0 Å². The lowest BCUT2D eigenvalue weighted by molar-refractivity contribution is -0.120. The first kappa shape index (κ1) is 14.7. The Morgan fingerprint density at radius 1 is 1.30 bits per heavy atom. The van der Waals surface area contributed by atoms with Crippen LogP contribution in [-0.2, 0) is 17.6 Å². The monoisotopic (exact) mass is 288 g/mol. The standard InChI is InChI=1S/C16H20N2OS/c1-11-5-4-6-14(9-11)10-15(19)17-8-7-16-18-12(2)13(3)20-16/h4-6,9H,7-8,10H2,1-3H3,(H,17,19). The first-order valence-electron chi connectivity index (χ1n) is 6.80. The van der Waals surface area contributed by atoms with E-state index < -0.39 is 0 Å². The quantitative estimate of drug-likeness (QED) is 0.919. The molecule has 2 rings (SSSR count). The lowest BCUT2D eigenvalue weighted by Crippen LogP contribution is -2.27. The van der Waals surface area contributed by atoms with Gasteiger partial charge in [-0.2, -0.15) is 0 Å². The highest BCUT2D eigenvalue weighted by Crippen LogP contribution is 2.16. The molecule has 0 aliphatic heterocycles. The minimum Gasteiger partial charge on any atom is -0.355 e. The summed E-state index contributed by atoms with van der Waals surface area (Å²) >= 11 is 1.71. The van der Waals surface area contributed by atoms with Crippen LogP contribution < -0.4 is 5.32 Å². The number of benzene rings is 1. The summed E-state index contributed by atoms with van der Waals surface area (Å²) in [6, 6.07) is 8.06. The molecule has 4 heteroatoms. The molecule has 0 radical (unpaired) electrons. The van der Waals surface area contributed by atoms with Gasteiger partial charge in [0.25, 0.3) is 0 Å². The van der Waals surface area contributed by atoms with Crippen molar-refractivity contribution in [3.8, 4) is 0 Å². The van der Waals surface area contributed by atoms with Crippen LogP contribution in [0.25, 0.3) is 0 Å². The molecule has 1 amide bonds. The van der Waals surface area contributed by atoms with Crippen molar-refractivity contribution in [3.63, 3.8) is 0 Å². The lowest BCUT2D eigenvalue weighted by Gasteiger charge is -2.04. The number of aryl methyl sites for hydroxylation is 3. The van der Waals surface area contributed by atoms with Gasteiger partial charge >= 0.3 is 0 Å². The van der Waals surface area contributed by atoms with E-state index >= 15 is 0 Å². The van der Waals surface area contributed by atoms with Crippen LogP contribution in [-0.4, -0.2) is 17.4 Å². The maximum atomic E-state index is 11.9. The molecular weight excluding hydrogens is 268 g/mol. The van der Waals surface area contributed by atoms with Crippen LogP contribution in [0.15, 0.2) is 24.3 Å². The summed E-state index contributed by atoms with van der Waals surface area (Å²) in [5.41, 5.74) is 3.34. The Kier molecular flexibility index (Phi) is 4.90. The van der Waals surface area contributed by atoms with Gasteiger partial charge in [0, 0.05) is 17.8 Å². The molecule has 3 nitrogen and oxygen atoms in total. The molecule has 106 valence electrons. The summed E-state index contributed by atoms with van der Waals surface area (Å²) in [4.78, 5) is 17.6. The van der Waals surface area contributed by atoms with Gasteiger partial charge in [-0.05, 0) is 26.3 Å². The SMILES string of the molecule is Cc1cccc(CC(=O)NCCc2nc(C)c(C)s2)c1. The zero-order valence-corrected chi connectivity index (χ0v) is 13.0. The van der Waals surface area contributed by atoms with Gasteiger partial charge in [-0.3, -0.25) is 4.79 Å². The van der Waals surface area contributed by atoms with E-state index in [0.717, 1.165) is 22.7 Å². The molecule has 20 heavy (non-hydrogen) atoms. The Balaban J connectivity index is 1.78. The highest BCUT2D eigenvalue weighted by molar-refractivity contribution is 7.11. The predicted molar refractivity (Wildman–Crippen MR) is 83.2 cm³/mol. The topological polar surface area (TPSA) is 42.0 Å². The van der Waals surface area contributed by atoms with E-state index in [-0.39, 0.29) is 5.91 Å². The summed E-state index contributed by atoms with van der Waals surface area (Å²) in [5, 5.41) is 4.05. The number of nitrogens with one attached hydrogen (secondary N) is 1. The maximum absolute atomic E-state index is 11.9. The molecule has 0 unspecified atom stereocenters. The average molecular weight is 288 g/mol. The summed E-state index contributed by atoms with van der Waals surface area (Å²) in [6.07, 6.45) is 1.25. The molecule has 0 bridgehead atoms. The first-order valence-corrected chi connectivity index (χ1v) is 7.61. The third-order valence-corrected chi connectivity index (χ3v) is 4.31. The molecule has 0 saturated carbocycles. The largest absolute Gasteiger partial charge is 0.355 e. The number of aromatic nitrogens is 1. The predicted octanol–water partition coefficient (Wildman–Crippen LogP) is 2.97. The van der Waals surface area contributed by atoms with Gasteiger partial charge in [0.15, 0.2) is 0 Å². The van der Waals surface area contributed by atoms with Crippen molar-refractivity contribution < 1.29 is 4.79 Å². The van der Waals surface area contributed by atoms with Crippen molar-refractivity contribution in [2.24, 2.45) is 0 Å². The van der Waals surface area contributed by atoms with E-state index in [9.17, 15) is 4.79 Å². The van der Waals surface area contributed by atoms with Crippen molar-refractivity contribution in [2.45, 2.75) is 33.6 Å². The Hall–Kier alpha value is -1.68. The zero-order chi connectivity index (χ0) is 14.5. The number of thiazole rings is 1. The zero-order valence-electron chi connectivity index (χ0n) is 12.2. The second kappa shape index (κ2) is 6.66. The minimum absolute atomic E-state index is 0.0700. The highest BCUT2D eigenvalue weighted by Gasteiger charge is 2.06. The molecule has 0 aliphatic rings. The fraction of sp³-hybridized carbons (Fsp3) is 0.375. The van der Waals surface area contributed by atoms with Gasteiger partial charge in [-0.25, -0.2) is 4.98 Å². The smallest absolute Gasteiger partial charge is 0.224 e. The third kappa shape index (κ3) is 4.17. The van der Waals surface area contributed by atoms with Crippen LogP contribution in [0.3, 0.4) is 0 Å². The molecule has 1 aromatic carbocycles. The number of nitrogens with zero attached hydrogens (tertiary/aromatic N) is 1. The van der Waals surface area contributed by atoms with E-state index in [1.165, 1.54) is 10.4 Å². The van der Waals surface area contributed by atoms with Gasteiger partial charge in [-0.1, -0.05) is 29.8 Å². The van der Waals surface area contributed by atoms with E-state index in [1.54, 1.807) is 11.3 Å². The lowest BCUT2D eigenvalue weighted by atomic mass is 10.1.